The molecule has 0 aliphatic heterocycles. The van der Waals surface area contributed by atoms with Crippen LogP contribution >= 0.6 is 0 Å². The fraction of sp³-hybridized carbons (Fsp3) is 0.800. The van der Waals surface area contributed by atoms with E-state index in [0.29, 0.717) is 5.41 Å². The van der Waals surface area contributed by atoms with E-state index in [4.69, 9.17) is 0 Å². The molecule has 0 atom stereocenters. The first-order valence-electron chi connectivity index (χ1n) is 4.18. The fourth-order valence-corrected chi connectivity index (χ4v) is 1.22. The van der Waals surface area contributed by atoms with E-state index in [1.807, 2.05) is 0 Å². The van der Waals surface area contributed by atoms with Gasteiger partial charge < -0.3 is 0 Å². The standard InChI is InChI=1S/C10H20/c1-6-8-9(7-2)10(3,4)5/h7H,6,8H2,1-5H3/b9-7-. The molecule has 0 saturated carbocycles. The van der Waals surface area contributed by atoms with E-state index < -0.39 is 0 Å². The smallest absolute Gasteiger partial charge is 0.0173 e. The van der Waals surface area contributed by atoms with Crippen molar-refractivity contribution in [3.8, 4) is 0 Å². The lowest BCUT2D eigenvalue weighted by Crippen LogP contribution is -2.08. The summed E-state index contributed by atoms with van der Waals surface area (Å²) in [7, 11) is 0. The lowest BCUT2D eigenvalue weighted by atomic mass is 9.84. The minimum Gasteiger partial charge on any atom is -0.0879 e. The molecular formula is C10H20. The highest BCUT2D eigenvalue weighted by Crippen LogP contribution is 2.28. The van der Waals surface area contributed by atoms with Crippen molar-refractivity contribution in [1.29, 1.82) is 0 Å². The van der Waals surface area contributed by atoms with Crippen molar-refractivity contribution in [3.63, 3.8) is 0 Å². The van der Waals surface area contributed by atoms with E-state index in [9.17, 15) is 0 Å². The van der Waals surface area contributed by atoms with Gasteiger partial charge in [0.05, 0.1) is 0 Å². The predicted molar refractivity (Wildman–Crippen MR) is 48.1 cm³/mol. The molecule has 0 unspecified atom stereocenters. The zero-order valence-corrected chi connectivity index (χ0v) is 7.99. The van der Waals surface area contributed by atoms with Crippen molar-refractivity contribution in [2.75, 3.05) is 0 Å². The van der Waals surface area contributed by atoms with Crippen LogP contribution in [0.2, 0.25) is 0 Å². The second-order valence-electron chi connectivity index (χ2n) is 3.81. The van der Waals surface area contributed by atoms with Crippen LogP contribution in [0.5, 0.6) is 0 Å². The molecule has 0 aromatic rings. The van der Waals surface area contributed by atoms with Crippen LogP contribution in [0.4, 0.5) is 0 Å². The summed E-state index contributed by atoms with van der Waals surface area (Å²) in [6.45, 7) is 11.2. The van der Waals surface area contributed by atoms with Gasteiger partial charge in [-0.1, -0.05) is 45.8 Å². The Hall–Kier alpha value is -0.260. The van der Waals surface area contributed by atoms with Gasteiger partial charge in [0.15, 0.2) is 0 Å². The maximum Gasteiger partial charge on any atom is -0.0173 e. The molecular weight excluding hydrogens is 120 g/mol. The van der Waals surface area contributed by atoms with Gasteiger partial charge in [0.2, 0.25) is 0 Å². The molecule has 0 bridgehead atoms. The highest BCUT2D eigenvalue weighted by Gasteiger charge is 2.14. The van der Waals surface area contributed by atoms with Crippen LogP contribution in [0.25, 0.3) is 0 Å². The maximum atomic E-state index is 2.28. The van der Waals surface area contributed by atoms with Crippen LogP contribution in [0, 0.1) is 5.41 Å². The highest BCUT2D eigenvalue weighted by molar-refractivity contribution is 5.09. The van der Waals surface area contributed by atoms with Gasteiger partial charge in [-0.25, -0.2) is 0 Å². The summed E-state index contributed by atoms with van der Waals surface area (Å²) in [5.41, 5.74) is 1.96. The van der Waals surface area contributed by atoms with Gasteiger partial charge in [0.25, 0.3) is 0 Å². The molecule has 0 heteroatoms. The van der Waals surface area contributed by atoms with Crippen molar-refractivity contribution in [2.45, 2.75) is 47.5 Å². The lowest BCUT2D eigenvalue weighted by Gasteiger charge is -2.22. The number of hydrogen-bond donors (Lipinski definition) is 0. The molecule has 0 radical (unpaired) electrons. The van der Waals surface area contributed by atoms with E-state index in [-0.39, 0.29) is 0 Å². The zero-order valence-electron chi connectivity index (χ0n) is 7.99. The molecule has 0 N–H and O–H groups in total. The SMILES string of the molecule is C/C=C(/CCC)C(C)(C)C. The zero-order chi connectivity index (χ0) is 8.20. The van der Waals surface area contributed by atoms with Gasteiger partial charge in [0, 0.05) is 0 Å². The Bertz CT molecular complexity index is 112. The van der Waals surface area contributed by atoms with E-state index in [2.05, 4.69) is 40.7 Å². The fourth-order valence-electron chi connectivity index (χ4n) is 1.22. The predicted octanol–water partition coefficient (Wildman–Crippen LogP) is 3.78. The topological polar surface area (TPSA) is 0 Å². The minimum absolute atomic E-state index is 0.380. The summed E-state index contributed by atoms with van der Waals surface area (Å²) in [5.74, 6) is 0. The summed E-state index contributed by atoms with van der Waals surface area (Å²) in [5, 5.41) is 0. The molecule has 60 valence electrons. The van der Waals surface area contributed by atoms with E-state index in [0.717, 1.165) is 0 Å². The van der Waals surface area contributed by atoms with Gasteiger partial charge >= 0.3 is 0 Å². The highest BCUT2D eigenvalue weighted by atomic mass is 14.2. The second-order valence-corrected chi connectivity index (χ2v) is 3.81. The minimum atomic E-state index is 0.380. The maximum absolute atomic E-state index is 2.28. The third kappa shape index (κ3) is 3.05. The summed E-state index contributed by atoms with van der Waals surface area (Å²) >= 11 is 0. The van der Waals surface area contributed by atoms with Crippen molar-refractivity contribution in [3.05, 3.63) is 11.6 Å². The molecule has 0 fully saturated rings. The Balaban J connectivity index is 4.10. The van der Waals surface area contributed by atoms with Gasteiger partial charge in [-0.05, 0) is 18.8 Å². The van der Waals surface area contributed by atoms with Crippen molar-refractivity contribution < 1.29 is 0 Å². The molecule has 0 saturated heterocycles. The van der Waals surface area contributed by atoms with E-state index in [1.165, 1.54) is 12.8 Å². The monoisotopic (exact) mass is 140 g/mol. The molecule has 0 rings (SSSR count). The normalized spacial score (nSPS) is 13.9. The molecule has 0 aliphatic carbocycles. The van der Waals surface area contributed by atoms with E-state index in [1.54, 1.807) is 5.57 Å². The summed E-state index contributed by atoms with van der Waals surface area (Å²) in [6.07, 6.45) is 4.76. The van der Waals surface area contributed by atoms with Crippen molar-refractivity contribution in [1.82, 2.24) is 0 Å². The third-order valence-corrected chi connectivity index (χ3v) is 1.83. The Kier molecular flexibility index (Phi) is 3.70. The molecule has 0 aromatic heterocycles. The molecule has 0 amide bonds. The molecule has 10 heavy (non-hydrogen) atoms. The van der Waals surface area contributed by atoms with Crippen molar-refractivity contribution in [2.24, 2.45) is 5.41 Å². The Morgan fingerprint density at radius 3 is 1.90 bits per heavy atom. The average Bonchev–Trinajstić information content (AvgIpc) is 1.80. The average molecular weight is 140 g/mol. The number of hydrogen-bond acceptors (Lipinski definition) is 0. The largest absolute Gasteiger partial charge is 0.0879 e. The third-order valence-electron chi connectivity index (χ3n) is 1.83. The Morgan fingerprint density at radius 2 is 1.80 bits per heavy atom. The molecule has 0 spiro atoms. The number of rotatable bonds is 2. The lowest BCUT2D eigenvalue weighted by molar-refractivity contribution is 0.479. The summed E-state index contributed by atoms with van der Waals surface area (Å²) < 4.78 is 0. The summed E-state index contributed by atoms with van der Waals surface area (Å²) in [6, 6.07) is 0. The first kappa shape index (κ1) is 9.74. The van der Waals surface area contributed by atoms with Crippen LogP contribution in [0.1, 0.15) is 47.5 Å². The van der Waals surface area contributed by atoms with E-state index >= 15 is 0 Å². The van der Waals surface area contributed by atoms with Crippen LogP contribution < -0.4 is 0 Å². The molecule has 0 nitrogen and oxygen atoms in total. The molecule has 0 aliphatic rings. The molecule has 0 aromatic carbocycles. The number of allylic oxidation sites excluding steroid dienone is 2. The quantitative estimate of drug-likeness (QED) is 0.512. The Morgan fingerprint density at radius 1 is 1.30 bits per heavy atom. The van der Waals surface area contributed by atoms with Gasteiger partial charge in [-0.3, -0.25) is 0 Å². The second kappa shape index (κ2) is 3.80. The van der Waals surface area contributed by atoms with Crippen molar-refractivity contribution >= 4 is 0 Å². The van der Waals surface area contributed by atoms with Crippen LogP contribution in [-0.4, -0.2) is 0 Å². The summed E-state index contributed by atoms with van der Waals surface area (Å²) in [4.78, 5) is 0. The Labute approximate surface area is 65.3 Å². The van der Waals surface area contributed by atoms with Crippen LogP contribution in [-0.2, 0) is 0 Å². The van der Waals surface area contributed by atoms with Gasteiger partial charge in [0.1, 0.15) is 0 Å². The van der Waals surface area contributed by atoms with Crippen LogP contribution in [0.15, 0.2) is 11.6 Å². The first-order chi connectivity index (χ1) is 4.52. The molecule has 0 heterocycles. The van der Waals surface area contributed by atoms with Gasteiger partial charge in [-0.2, -0.15) is 0 Å². The van der Waals surface area contributed by atoms with Gasteiger partial charge in [-0.15, -0.1) is 0 Å². The van der Waals surface area contributed by atoms with Crippen LogP contribution in [0.3, 0.4) is 0 Å². The first-order valence-corrected chi connectivity index (χ1v) is 4.18.